The molecule has 1 heterocycles. The van der Waals surface area contributed by atoms with E-state index in [1.807, 2.05) is 6.92 Å². The third-order valence-corrected chi connectivity index (χ3v) is 3.92. The van der Waals surface area contributed by atoms with Crippen LogP contribution in [-0.4, -0.2) is 44.9 Å². The largest absolute Gasteiger partial charge is 0.419 e. The van der Waals surface area contributed by atoms with Gasteiger partial charge in [-0.15, -0.1) is 0 Å². The molecule has 120 valence electrons. The van der Waals surface area contributed by atoms with Gasteiger partial charge >= 0.3 is 6.18 Å². The molecule has 9 heteroatoms. The summed E-state index contributed by atoms with van der Waals surface area (Å²) in [4.78, 5) is -0.0666. The van der Waals surface area contributed by atoms with E-state index in [0.29, 0.717) is 0 Å². The Labute approximate surface area is 120 Å². The normalized spacial score (nSPS) is 17.4. The summed E-state index contributed by atoms with van der Waals surface area (Å²) in [6.45, 7) is 1.58. The number of alkyl halides is 3. The number of nitrogens with one attached hydrogen (secondary N) is 1. The first-order valence-corrected chi connectivity index (χ1v) is 7.32. The molecule has 1 aromatic rings. The Kier molecular flexibility index (Phi) is 5.37. The molecular formula is C12H16F3NO4S. The first kappa shape index (κ1) is 17.9. The summed E-state index contributed by atoms with van der Waals surface area (Å²) in [6, 6.07) is 5.99. The lowest BCUT2D eigenvalue weighted by molar-refractivity contribution is -0.284. The third kappa shape index (κ3) is 4.40. The minimum absolute atomic E-state index is 0.0666. The highest BCUT2D eigenvalue weighted by Crippen LogP contribution is 2.35. The second kappa shape index (κ2) is 6.30. The standard InChI is InChI=1S/C7H8O3S.C5H8F3NO/c1-6-2-4-7(5-3-6)11(8,9)10;1-10-4(2-9-3-4)5(6,7)8/h2-5H,1H3,(H,8,9,10);9H,2-3H2,1H3. The summed E-state index contributed by atoms with van der Waals surface area (Å²) < 4.78 is 69.9. The summed E-state index contributed by atoms with van der Waals surface area (Å²) in [5, 5.41) is 2.51. The van der Waals surface area contributed by atoms with Gasteiger partial charge in [-0.05, 0) is 19.1 Å². The lowest BCUT2D eigenvalue weighted by Gasteiger charge is -2.42. The summed E-state index contributed by atoms with van der Waals surface area (Å²) in [5.74, 6) is 0. The summed E-state index contributed by atoms with van der Waals surface area (Å²) >= 11 is 0. The van der Waals surface area contributed by atoms with Crippen molar-refractivity contribution in [1.29, 1.82) is 0 Å². The number of rotatable bonds is 2. The van der Waals surface area contributed by atoms with Gasteiger partial charge in [0, 0.05) is 20.2 Å². The zero-order chi connectivity index (χ0) is 16.3. The molecule has 5 nitrogen and oxygen atoms in total. The van der Waals surface area contributed by atoms with Crippen molar-refractivity contribution in [2.24, 2.45) is 0 Å². The van der Waals surface area contributed by atoms with Crippen molar-refractivity contribution in [2.75, 3.05) is 20.2 Å². The van der Waals surface area contributed by atoms with Crippen LogP contribution in [0.4, 0.5) is 13.2 Å². The van der Waals surface area contributed by atoms with Crippen LogP contribution >= 0.6 is 0 Å². The average molecular weight is 327 g/mol. The highest BCUT2D eigenvalue weighted by atomic mass is 32.2. The van der Waals surface area contributed by atoms with Gasteiger partial charge in [-0.3, -0.25) is 4.55 Å². The molecule has 21 heavy (non-hydrogen) atoms. The fourth-order valence-corrected chi connectivity index (χ4v) is 2.00. The number of methoxy groups -OCH3 is 1. The van der Waals surface area contributed by atoms with E-state index in [9.17, 15) is 21.6 Å². The minimum atomic E-state index is -4.24. The van der Waals surface area contributed by atoms with Gasteiger partial charge in [0.05, 0.1) is 4.90 Å². The molecule has 0 spiro atoms. The summed E-state index contributed by atoms with van der Waals surface area (Å²) in [6.07, 6.45) is -4.24. The van der Waals surface area contributed by atoms with Crippen molar-refractivity contribution in [1.82, 2.24) is 5.32 Å². The van der Waals surface area contributed by atoms with E-state index in [0.717, 1.165) is 12.7 Å². The molecule has 0 saturated carbocycles. The molecule has 0 bridgehead atoms. The van der Waals surface area contributed by atoms with E-state index in [2.05, 4.69) is 10.1 Å². The molecule has 0 aromatic heterocycles. The van der Waals surface area contributed by atoms with Crippen molar-refractivity contribution < 1.29 is 30.9 Å². The zero-order valence-corrected chi connectivity index (χ0v) is 12.3. The highest BCUT2D eigenvalue weighted by molar-refractivity contribution is 7.85. The van der Waals surface area contributed by atoms with E-state index < -0.39 is 21.9 Å². The van der Waals surface area contributed by atoms with Crippen LogP contribution in [0.1, 0.15) is 5.56 Å². The average Bonchev–Trinajstić information content (AvgIpc) is 2.26. The second-order valence-electron chi connectivity index (χ2n) is 4.59. The lowest BCUT2D eigenvalue weighted by Crippen LogP contribution is -2.68. The Bertz CT molecular complexity index is 560. The van der Waals surface area contributed by atoms with Crippen LogP contribution < -0.4 is 5.32 Å². The van der Waals surface area contributed by atoms with Gasteiger partial charge in [-0.2, -0.15) is 21.6 Å². The predicted molar refractivity (Wildman–Crippen MR) is 69.7 cm³/mol. The number of hydrogen-bond donors (Lipinski definition) is 2. The predicted octanol–water partition coefficient (Wildman–Crippen LogP) is 1.78. The van der Waals surface area contributed by atoms with E-state index in [1.165, 1.54) is 12.1 Å². The van der Waals surface area contributed by atoms with Crippen molar-refractivity contribution in [2.45, 2.75) is 23.6 Å². The molecule has 1 saturated heterocycles. The fourth-order valence-electron chi connectivity index (χ4n) is 1.52. The van der Waals surface area contributed by atoms with Gasteiger partial charge in [0.1, 0.15) is 0 Å². The molecule has 0 atom stereocenters. The quantitative estimate of drug-likeness (QED) is 0.810. The summed E-state index contributed by atoms with van der Waals surface area (Å²) in [7, 11) is -2.94. The molecule has 1 fully saturated rings. The molecular weight excluding hydrogens is 311 g/mol. The number of aryl methyl sites for hydroxylation is 1. The molecule has 1 aromatic carbocycles. The van der Waals surface area contributed by atoms with Crippen LogP contribution in [0, 0.1) is 6.92 Å². The van der Waals surface area contributed by atoms with Crippen LogP contribution in [0.15, 0.2) is 29.2 Å². The van der Waals surface area contributed by atoms with Crippen molar-refractivity contribution in [3.05, 3.63) is 29.8 Å². The molecule has 0 radical (unpaired) electrons. The van der Waals surface area contributed by atoms with E-state index in [1.54, 1.807) is 12.1 Å². The van der Waals surface area contributed by atoms with Crippen LogP contribution in [0.25, 0.3) is 0 Å². The zero-order valence-electron chi connectivity index (χ0n) is 11.4. The first-order valence-electron chi connectivity index (χ1n) is 5.88. The van der Waals surface area contributed by atoms with Gasteiger partial charge in [-0.1, -0.05) is 17.7 Å². The Morgan fingerprint density at radius 3 is 1.90 bits per heavy atom. The minimum Gasteiger partial charge on any atom is -0.366 e. The Balaban J connectivity index is 0.000000211. The number of benzene rings is 1. The Morgan fingerprint density at radius 1 is 1.24 bits per heavy atom. The number of ether oxygens (including phenoxy) is 1. The molecule has 0 amide bonds. The molecule has 2 rings (SSSR count). The number of hydrogen-bond acceptors (Lipinski definition) is 4. The van der Waals surface area contributed by atoms with Crippen molar-refractivity contribution >= 4 is 10.1 Å². The smallest absolute Gasteiger partial charge is 0.366 e. The SMILES string of the molecule is COC1(C(F)(F)F)CNC1.Cc1ccc(S(=O)(=O)O)cc1. The first-order chi connectivity index (χ1) is 9.52. The topological polar surface area (TPSA) is 75.6 Å². The third-order valence-electron chi connectivity index (χ3n) is 3.05. The maximum Gasteiger partial charge on any atom is 0.419 e. The highest BCUT2D eigenvalue weighted by Gasteiger charge is 2.59. The summed E-state index contributed by atoms with van der Waals surface area (Å²) in [5.41, 5.74) is -0.954. The van der Waals surface area contributed by atoms with Crippen molar-refractivity contribution in [3.63, 3.8) is 0 Å². The van der Waals surface area contributed by atoms with Gasteiger partial charge in [0.15, 0.2) is 5.60 Å². The van der Waals surface area contributed by atoms with Gasteiger partial charge in [-0.25, -0.2) is 0 Å². The number of halogens is 3. The molecule has 1 aliphatic rings. The van der Waals surface area contributed by atoms with Crippen LogP contribution in [0.2, 0.25) is 0 Å². The maximum atomic E-state index is 12.0. The monoisotopic (exact) mass is 327 g/mol. The van der Waals surface area contributed by atoms with Gasteiger partial charge in [0.25, 0.3) is 10.1 Å². The van der Waals surface area contributed by atoms with E-state index >= 15 is 0 Å². The molecule has 1 aliphatic heterocycles. The molecule has 0 unspecified atom stereocenters. The van der Waals surface area contributed by atoms with Crippen LogP contribution in [0.3, 0.4) is 0 Å². The van der Waals surface area contributed by atoms with Crippen molar-refractivity contribution in [3.8, 4) is 0 Å². The van der Waals surface area contributed by atoms with Gasteiger partial charge < -0.3 is 10.1 Å². The molecule has 0 aliphatic carbocycles. The Hall–Kier alpha value is -1.16. The van der Waals surface area contributed by atoms with Gasteiger partial charge in [0.2, 0.25) is 0 Å². The Morgan fingerprint density at radius 2 is 1.71 bits per heavy atom. The maximum absolute atomic E-state index is 12.0. The van der Waals surface area contributed by atoms with E-state index in [-0.39, 0.29) is 18.0 Å². The second-order valence-corrected chi connectivity index (χ2v) is 6.01. The molecule has 2 N–H and O–H groups in total. The van der Waals surface area contributed by atoms with Crippen LogP contribution in [0.5, 0.6) is 0 Å². The van der Waals surface area contributed by atoms with E-state index in [4.69, 9.17) is 4.55 Å². The fraction of sp³-hybridized carbons (Fsp3) is 0.500. The van der Waals surface area contributed by atoms with Crippen LogP contribution in [-0.2, 0) is 14.9 Å². The lowest BCUT2D eigenvalue weighted by atomic mass is 9.96.